The molecule has 0 atom stereocenters. The third-order valence-corrected chi connectivity index (χ3v) is 4.74. The topological polar surface area (TPSA) is 73.1 Å². The van der Waals surface area contributed by atoms with Crippen LogP contribution in [0, 0.1) is 11.3 Å². The van der Waals surface area contributed by atoms with Gasteiger partial charge in [0.25, 0.3) is 5.91 Å². The van der Waals surface area contributed by atoms with Crippen molar-refractivity contribution >= 4 is 16.7 Å². The van der Waals surface area contributed by atoms with Crippen LogP contribution in [0.1, 0.15) is 34.3 Å². The first-order valence-corrected chi connectivity index (χ1v) is 9.07. The van der Waals surface area contributed by atoms with Gasteiger partial charge in [-0.2, -0.15) is 5.26 Å². The molecule has 0 aromatic heterocycles. The average molecular weight is 358 g/mol. The number of benzene rings is 3. The zero-order valence-corrected chi connectivity index (χ0v) is 15.3. The van der Waals surface area contributed by atoms with E-state index in [0.717, 1.165) is 46.7 Å². The minimum absolute atomic E-state index is 0.130. The number of aliphatic hydroxyl groups is 1. The number of rotatable bonds is 6. The van der Waals surface area contributed by atoms with Crippen molar-refractivity contribution < 1.29 is 9.90 Å². The molecule has 3 aromatic rings. The Balaban J connectivity index is 2.29. The summed E-state index contributed by atoms with van der Waals surface area (Å²) in [4.78, 5) is 12.8. The standard InChI is InChI=1S/C23H22N2O2/c1-25-23(27)22-20-8-3-2-6-18(20)14-19(7-4-5-13-26)21(22)17-11-9-16(15-24)10-12-17/h2-3,6,8-12,14,26H,4-5,7,13H2,1H3,(H,25,27). The highest BCUT2D eigenvalue weighted by atomic mass is 16.2. The van der Waals surface area contributed by atoms with Gasteiger partial charge in [-0.25, -0.2) is 0 Å². The van der Waals surface area contributed by atoms with Crippen LogP contribution >= 0.6 is 0 Å². The number of carbonyl (C=O) groups is 1. The number of nitriles is 1. The van der Waals surface area contributed by atoms with Gasteiger partial charge in [0.05, 0.1) is 17.2 Å². The lowest BCUT2D eigenvalue weighted by atomic mass is 9.87. The van der Waals surface area contributed by atoms with Crippen LogP contribution in [0.2, 0.25) is 0 Å². The van der Waals surface area contributed by atoms with E-state index in [0.29, 0.717) is 11.1 Å². The van der Waals surface area contributed by atoms with E-state index < -0.39 is 0 Å². The number of unbranched alkanes of at least 4 members (excludes halogenated alkanes) is 1. The van der Waals surface area contributed by atoms with Crippen LogP contribution in [0.15, 0.2) is 54.6 Å². The highest BCUT2D eigenvalue weighted by molar-refractivity contribution is 6.13. The van der Waals surface area contributed by atoms with Crippen LogP contribution in [0.5, 0.6) is 0 Å². The van der Waals surface area contributed by atoms with E-state index in [2.05, 4.69) is 17.5 Å². The maximum absolute atomic E-state index is 12.8. The molecule has 3 rings (SSSR count). The summed E-state index contributed by atoms with van der Waals surface area (Å²) in [6, 6.07) is 19.5. The van der Waals surface area contributed by atoms with Gasteiger partial charge >= 0.3 is 0 Å². The second-order valence-electron chi connectivity index (χ2n) is 6.46. The lowest BCUT2D eigenvalue weighted by Gasteiger charge is -2.18. The van der Waals surface area contributed by atoms with Gasteiger partial charge in [0.15, 0.2) is 0 Å². The van der Waals surface area contributed by atoms with Gasteiger partial charge in [0.2, 0.25) is 0 Å². The highest BCUT2D eigenvalue weighted by Crippen LogP contribution is 2.35. The Bertz CT molecular complexity index is 1000. The number of hydrogen-bond donors (Lipinski definition) is 2. The molecule has 4 heteroatoms. The summed E-state index contributed by atoms with van der Waals surface area (Å²) in [5.41, 5.74) is 4.13. The number of nitrogens with one attached hydrogen (secondary N) is 1. The second kappa shape index (κ2) is 8.48. The Morgan fingerprint density at radius 1 is 1.11 bits per heavy atom. The largest absolute Gasteiger partial charge is 0.396 e. The molecule has 0 radical (unpaired) electrons. The first kappa shape index (κ1) is 18.6. The molecule has 0 aliphatic carbocycles. The van der Waals surface area contributed by atoms with E-state index in [1.165, 1.54) is 0 Å². The number of carbonyl (C=O) groups excluding carboxylic acids is 1. The van der Waals surface area contributed by atoms with Crippen molar-refractivity contribution in [3.05, 3.63) is 71.3 Å². The zero-order chi connectivity index (χ0) is 19.2. The van der Waals surface area contributed by atoms with Crippen molar-refractivity contribution in [1.82, 2.24) is 5.32 Å². The van der Waals surface area contributed by atoms with E-state index >= 15 is 0 Å². The minimum Gasteiger partial charge on any atom is -0.396 e. The molecule has 27 heavy (non-hydrogen) atoms. The van der Waals surface area contributed by atoms with Gasteiger partial charge in [-0.15, -0.1) is 0 Å². The Morgan fingerprint density at radius 3 is 2.52 bits per heavy atom. The first-order chi connectivity index (χ1) is 13.2. The van der Waals surface area contributed by atoms with Crippen molar-refractivity contribution in [3.8, 4) is 17.2 Å². The predicted molar refractivity (Wildman–Crippen MR) is 108 cm³/mol. The molecule has 1 amide bonds. The van der Waals surface area contributed by atoms with Crippen LogP contribution in [-0.4, -0.2) is 24.7 Å². The zero-order valence-electron chi connectivity index (χ0n) is 15.3. The van der Waals surface area contributed by atoms with E-state index in [9.17, 15) is 4.79 Å². The average Bonchev–Trinajstić information content (AvgIpc) is 2.72. The van der Waals surface area contributed by atoms with Crippen LogP contribution in [0.4, 0.5) is 0 Å². The van der Waals surface area contributed by atoms with E-state index in [4.69, 9.17) is 10.4 Å². The fourth-order valence-electron chi connectivity index (χ4n) is 3.43. The minimum atomic E-state index is -0.130. The first-order valence-electron chi connectivity index (χ1n) is 9.07. The van der Waals surface area contributed by atoms with E-state index in [1.807, 2.05) is 36.4 Å². The number of aliphatic hydroxyl groups excluding tert-OH is 1. The summed E-state index contributed by atoms with van der Waals surface area (Å²) in [5, 5.41) is 22.9. The third kappa shape index (κ3) is 3.84. The molecule has 0 saturated heterocycles. The Kier molecular flexibility index (Phi) is 5.85. The molecule has 2 N–H and O–H groups in total. The van der Waals surface area contributed by atoms with Crippen LogP contribution in [0.25, 0.3) is 21.9 Å². The van der Waals surface area contributed by atoms with Crippen molar-refractivity contribution in [2.45, 2.75) is 19.3 Å². The van der Waals surface area contributed by atoms with Gasteiger partial charge in [-0.3, -0.25) is 4.79 Å². The number of aryl methyl sites for hydroxylation is 1. The monoisotopic (exact) mass is 358 g/mol. The molecule has 0 heterocycles. The van der Waals surface area contributed by atoms with E-state index in [-0.39, 0.29) is 12.5 Å². The van der Waals surface area contributed by atoms with Crippen molar-refractivity contribution in [2.75, 3.05) is 13.7 Å². The molecular weight excluding hydrogens is 336 g/mol. The van der Waals surface area contributed by atoms with Gasteiger partial charge in [-0.05, 0) is 58.9 Å². The molecule has 0 aliphatic rings. The summed E-state index contributed by atoms with van der Waals surface area (Å²) >= 11 is 0. The lowest BCUT2D eigenvalue weighted by molar-refractivity contribution is 0.0965. The van der Waals surface area contributed by atoms with Gasteiger partial charge in [0.1, 0.15) is 0 Å². The second-order valence-corrected chi connectivity index (χ2v) is 6.46. The molecule has 3 aromatic carbocycles. The van der Waals surface area contributed by atoms with Gasteiger partial charge in [0, 0.05) is 13.7 Å². The maximum atomic E-state index is 12.8. The quantitative estimate of drug-likeness (QED) is 0.653. The third-order valence-electron chi connectivity index (χ3n) is 4.74. The molecule has 0 aliphatic heterocycles. The van der Waals surface area contributed by atoms with Gasteiger partial charge in [-0.1, -0.05) is 42.5 Å². The Morgan fingerprint density at radius 2 is 1.85 bits per heavy atom. The number of nitrogens with zero attached hydrogens (tertiary/aromatic N) is 1. The summed E-state index contributed by atoms with van der Waals surface area (Å²) in [7, 11) is 1.64. The molecule has 0 fully saturated rings. The maximum Gasteiger partial charge on any atom is 0.252 e. The van der Waals surface area contributed by atoms with Crippen molar-refractivity contribution in [3.63, 3.8) is 0 Å². The lowest BCUT2D eigenvalue weighted by Crippen LogP contribution is -2.20. The summed E-state index contributed by atoms with van der Waals surface area (Å²) in [6.07, 6.45) is 2.32. The summed E-state index contributed by atoms with van der Waals surface area (Å²) in [5.74, 6) is -0.130. The normalized spacial score (nSPS) is 10.6. The molecule has 0 saturated carbocycles. The predicted octanol–water partition coefficient (Wildman–Crippen LogP) is 4.05. The molecule has 0 spiro atoms. The summed E-state index contributed by atoms with van der Waals surface area (Å²) < 4.78 is 0. The number of amides is 1. The van der Waals surface area contributed by atoms with Crippen molar-refractivity contribution in [2.24, 2.45) is 0 Å². The number of hydrogen-bond acceptors (Lipinski definition) is 3. The molecule has 136 valence electrons. The Labute approximate surface area is 159 Å². The molecule has 4 nitrogen and oxygen atoms in total. The van der Waals surface area contributed by atoms with E-state index in [1.54, 1.807) is 19.2 Å². The molecular formula is C23H22N2O2. The number of fused-ring (bicyclic) bond motifs is 1. The van der Waals surface area contributed by atoms with Crippen molar-refractivity contribution in [1.29, 1.82) is 5.26 Å². The smallest absolute Gasteiger partial charge is 0.252 e. The highest BCUT2D eigenvalue weighted by Gasteiger charge is 2.19. The fraction of sp³-hybridized carbons (Fsp3) is 0.217. The summed E-state index contributed by atoms with van der Waals surface area (Å²) in [6.45, 7) is 0.155. The SMILES string of the molecule is CNC(=O)c1c(-c2ccc(C#N)cc2)c(CCCCO)cc2ccccc12. The Hall–Kier alpha value is -3.16. The fourth-order valence-corrected chi connectivity index (χ4v) is 3.43. The molecule has 0 bridgehead atoms. The van der Waals surface area contributed by atoms with Crippen LogP contribution < -0.4 is 5.32 Å². The van der Waals surface area contributed by atoms with Crippen LogP contribution in [-0.2, 0) is 6.42 Å². The van der Waals surface area contributed by atoms with Crippen LogP contribution in [0.3, 0.4) is 0 Å². The van der Waals surface area contributed by atoms with Gasteiger partial charge < -0.3 is 10.4 Å². The molecule has 0 unspecified atom stereocenters.